The van der Waals surface area contributed by atoms with E-state index in [0.717, 1.165) is 0 Å². The van der Waals surface area contributed by atoms with Crippen LogP contribution in [0.3, 0.4) is 0 Å². The van der Waals surface area contributed by atoms with Gasteiger partial charge in [0.05, 0.1) is 20.5 Å². The molecule has 1 atom stereocenters. The molecule has 0 aliphatic carbocycles. The summed E-state index contributed by atoms with van der Waals surface area (Å²) in [5.74, 6) is 0.0195. The minimum atomic E-state index is -0.771. The molecular formula is C8H14NO3+. The van der Waals surface area contributed by atoms with Gasteiger partial charge in [-0.1, -0.05) is 0 Å². The van der Waals surface area contributed by atoms with Crippen LogP contribution in [0.1, 0.15) is 20.8 Å². The van der Waals surface area contributed by atoms with E-state index in [2.05, 4.69) is 5.32 Å². The van der Waals surface area contributed by atoms with Crippen molar-refractivity contribution < 1.29 is 14.7 Å². The molecule has 0 spiro atoms. The number of rotatable bonds is 4. The number of aliphatic hydroxyl groups excluding tert-OH is 1. The van der Waals surface area contributed by atoms with Crippen LogP contribution in [0, 0.1) is 5.92 Å². The lowest BCUT2D eigenvalue weighted by Crippen LogP contribution is -2.43. The van der Waals surface area contributed by atoms with Crippen LogP contribution in [0.4, 0.5) is 0 Å². The summed E-state index contributed by atoms with van der Waals surface area (Å²) >= 11 is 0. The summed E-state index contributed by atoms with van der Waals surface area (Å²) in [4.78, 5) is 21.8. The van der Waals surface area contributed by atoms with Gasteiger partial charge in [0, 0.05) is 0 Å². The predicted octanol–water partition coefficient (Wildman–Crippen LogP) is -0.333. The van der Waals surface area contributed by atoms with E-state index in [9.17, 15) is 9.59 Å². The third kappa shape index (κ3) is 3.39. The first kappa shape index (κ1) is 11.0. The molecule has 1 unspecified atom stereocenters. The Labute approximate surface area is 72.0 Å². The molecule has 1 amide bonds. The molecule has 4 heteroatoms. The van der Waals surface area contributed by atoms with Gasteiger partial charge in [0.1, 0.15) is 6.04 Å². The number of Topliss-reactive ketones (excluding diaryl/α,β-unsaturated/α-hetero) is 1. The Morgan fingerprint density at radius 3 is 2.25 bits per heavy atom. The highest BCUT2D eigenvalue weighted by Crippen LogP contribution is 1.95. The van der Waals surface area contributed by atoms with Crippen molar-refractivity contribution in [1.29, 1.82) is 0 Å². The highest BCUT2D eigenvalue weighted by atomic mass is 16.3. The molecule has 0 rings (SSSR count). The van der Waals surface area contributed by atoms with E-state index in [1.807, 2.05) is 0 Å². The zero-order valence-corrected chi connectivity index (χ0v) is 7.55. The van der Waals surface area contributed by atoms with E-state index >= 15 is 0 Å². The van der Waals surface area contributed by atoms with Crippen LogP contribution >= 0.6 is 0 Å². The SMILES string of the molecule is CC(=O)C(CO)NC(=O)[C+](C)C. The zero-order valence-electron chi connectivity index (χ0n) is 7.55. The molecule has 0 aromatic heterocycles. The minimum absolute atomic E-state index is 0.243. The topological polar surface area (TPSA) is 66.4 Å². The standard InChI is InChI=1S/C8H13NO3/c1-5(2)8(12)9-7(4-10)6(3)11/h7,10H,4H2,1-3H3/p+1. The fourth-order valence-corrected chi connectivity index (χ4v) is 0.578. The highest BCUT2D eigenvalue weighted by molar-refractivity contribution is 5.93. The van der Waals surface area contributed by atoms with Crippen molar-refractivity contribution in [3.05, 3.63) is 5.92 Å². The number of nitrogens with one attached hydrogen (secondary N) is 1. The Morgan fingerprint density at radius 2 is 2.00 bits per heavy atom. The van der Waals surface area contributed by atoms with E-state index < -0.39 is 6.04 Å². The fraction of sp³-hybridized carbons (Fsp3) is 0.625. The molecule has 0 aromatic carbocycles. The predicted molar refractivity (Wildman–Crippen MR) is 44.3 cm³/mol. The van der Waals surface area contributed by atoms with E-state index in [4.69, 9.17) is 5.11 Å². The Morgan fingerprint density at radius 1 is 1.50 bits per heavy atom. The van der Waals surface area contributed by atoms with Gasteiger partial charge < -0.3 is 10.4 Å². The second kappa shape index (κ2) is 4.77. The second-order valence-corrected chi connectivity index (χ2v) is 2.82. The summed E-state index contributed by atoms with van der Waals surface area (Å²) in [7, 11) is 0. The molecule has 0 heterocycles. The van der Waals surface area contributed by atoms with E-state index in [0.29, 0.717) is 5.92 Å². The third-order valence-corrected chi connectivity index (χ3v) is 1.43. The van der Waals surface area contributed by atoms with Crippen molar-refractivity contribution in [2.75, 3.05) is 6.61 Å². The first-order chi connectivity index (χ1) is 5.49. The van der Waals surface area contributed by atoms with E-state index in [1.54, 1.807) is 13.8 Å². The molecule has 4 nitrogen and oxygen atoms in total. The quantitative estimate of drug-likeness (QED) is 0.570. The maximum absolute atomic E-state index is 11.0. The maximum atomic E-state index is 11.0. The summed E-state index contributed by atoms with van der Waals surface area (Å²) in [5.41, 5.74) is 0. The van der Waals surface area contributed by atoms with Gasteiger partial charge in [0.25, 0.3) is 0 Å². The Kier molecular flexibility index (Phi) is 4.36. The van der Waals surface area contributed by atoms with Crippen molar-refractivity contribution in [3.8, 4) is 0 Å². The van der Waals surface area contributed by atoms with Gasteiger partial charge in [0.15, 0.2) is 11.7 Å². The number of carbonyl (C=O) groups is 2. The maximum Gasteiger partial charge on any atom is 0.404 e. The Bertz CT molecular complexity index is 177. The van der Waals surface area contributed by atoms with Crippen LogP contribution in [-0.4, -0.2) is 29.4 Å². The van der Waals surface area contributed by atoms with E-state index in [-0.39, 0.29) is 18.3 Å². The van der Waals surface area contributed by atoms with Gasteiger partial charge in [-0.3, -0.25) is 4.79 Å². The van der Waals surface area contributed by atoms with Crippen molar-refractivity contribution in [1.82, 2.24) is 5.32 Å². The van der Waals surface area contributed by atoms with Crippen LogP contribution in [0.5, 0.6) is 0 Å². The lowest BCUT2D eigenvalue weighted by molar-refractivity contribution is -0.126. The number of carbonyl (C=O) groups excluding carboxylic acids is 2. The largest absolute Gasteiger partial charge is 0.404 e. The van der Waals surface area contributed by atoms with E-state index in [1.165, 1.54) is 6.92 Å². The minimum Gasteiger partial charge on any atom is -0.394 e. The number of hydrogen-bond acceptors (Lipinski definition) is 3. The van der Waals surface area contributed by atoms with Crippen LogP contribution in [0.2, 0.25) is 0 Å². The van der Waals surface area contributed by atoms with Crippen LogP contribution < -0.4 is 5.32 Å². The molecule has 12 heavy (non-hydrogen) atoms. The summed E-state index contributed by atoms with van der Waals surface area (Å²) < 4.78 is 0. The first-order valence-electron chi connectivity index (χ1n) is 3.71. The van der Waals surface area contributed by atoms with Crippen molar-refractivity contribution >= 4 is 11.7 Å². The smallest absolute Gasteiger partial charge is 0.394 e. The molecule has 0 fully saturated rings. The monoisotopic (exact) mass is 172 g/mol. The molecule has 0 aromatic rings. The van der Waals surface area contributed by atoms with Crippen molar-refractivity contribution in [2.24, 2.45) is 0 Å². The molecule has 0 saturated heterocycles. The third-order valence-electron chi connectivity index (χ3n) is 1.43. The van der Waals surface area contributed by atoms with Crippen molar-refractivity contribution in [3.63, 3.8) is 0 Å². The molecule has 0 aliphatic rings. The molecular weight excluding hydrogens is 158 g/mol. The summed E-state index contributed by atoms with van der Waals surface area (Å²) in [5, 5.41) is 11.1. The van der Waals surface area contributed by atoms with Gasteiger partial charge >= 0.3 is 5.91 Å². The van der Waals surface area contributed by atoms with Gasteiger partial charge in [-0.2, -0.15) is 0 Å². The summed E-state index contributed by atoms with van der Waals surface area (Å²) in [6, 6.07) is -0.771. The summed E-state index contributed by atoms with van der Waals surface area (Å²) in [6.07, 6.45) is 0. The molecule has 68 valence electrons. The first-order valence-corrected chi connectivity index (χ1v) is 3.71. The summed E-state index contributed by atoms with van der Waals surface area (Å²) in [6.45, 7) is 4.26. The molecule has 0 aliphatic heterocycles. The van der Waals surface area contributed by atoms with Gasteiger partial charge in [0.2, 0.25) is 0 Å². The average molecular weight is 172 g/mol. The normalized spacial score (nSPS) is 12.0. The molecule has 0 radical (unpaired) electrons. The number of hydrogen-bond donors (Lipinski definition) is 2. The Hall–Kier alpha value is -1.03. The lowest BCUT2D eigenvalue weighted by Gasteiger charge is -2.09. The zero-order chi connectivity index (χ0) is 9.72. The number of amides is 1. The van der Waals surface area contributed by atoms with Crippen molar-refractivity contribution in [2.45, 2.75) is 26.8 Å². The molecule has 0 bridgehead atoms. The van der Waals surface area contributed by atoms with Crippen LogP contribution in [-0.2, 0) is 9.59 Å². The second-order valence-electron chi connectivity index (χ2n) is 2.82. The molecule has 0 saturated carbocycles. The van der Waals surface area contributed by atoms with Crippen LogP contribution in [0.25, 0.3) is 0 Å². The lowest BCUT2D eigenvalue weighted by atomic mass is 10.1. The highest BCUT2D eigenvalue weighted by Gasteiger charge is 2.24. The van der Waals surface area contributed by atoms with Gasteiger partial charge in [-0.25, -0.2) is 4.79 Å². The van der Waals surface area contributed by atoms with Gasteiger partial charge in [-0.15, -0.1) is 0 Å². The number of ketones is 1. The Balaban J connectivity index is 4.03. The van der Waals surface area contributed by atoms with Crippen LogP contribution in [0.15, 0.2) is 0 Å². The number of aliphatic hydroxyl groups is 1. The molecule has 2 N–H and O–H groups in total. The average Bonchev–Trinajstić information content (AvgIpc) is 1.98. The fourth-order valence-electron chi connectivity index (χ4n) is 0.578. The van der Waals surface area contributed by atoms with Gasteiger partial charge in [-0.05, 0) is 6.92 Å².